The lowest BCUT2D eigenvalue weighted by Gasteiger charge is -2.15. The summed E-state index contributed by atoms with van der Waals surface area (Å²) in [5.41, 5.74) is 0.752. The van der Waals surface area contributed by atoms with Gasteiger partial charge >= 0.3 is 0 Å². The van der Waals surface area contributed by atoms with Crippen LogP contribution in [-0.2, 0) is 0 Å². The number of carbonyl (C=O) groups excluding carboxylic acids is 1. The summed E-state index contributed by atoms with van der Waals surface area (Å²) in [4.78, 5) is 11.9. The van der Waals surface area contributed by atoms with E-state index in [2.05, 4.69) is 5.32 Å². The lowest BCUT2D eigenvalue weighted by atomic mass is 10.1. The minimum Gasteiger partial charge on any atom is -0.345 e. The maximum absolute atomic E-state index is 13.6. The first-order chi connectivity index (χ1) is 9.08. The maximum atomic E-state index is 13.6. The summed E-state index contributed by atoms with van der Waals surface area (Å²) >= 11 is 0. The van der Waals surface area contributed by atoms with E-state index in [9.17, 15) is 13.6 Å². The Bertz CT molecular complexity index is 584. The summed E-state index contributed by atoms with van der Waals surface area (Å²) in [6, 6.07) is 11.4. The summed E-state index contributed by atoms with van der Waals surface area (Å²) in [5, 5.41) is 2.67. The van der Waals surface area contributed by atoms with Gasteiger partial charge in [0, 0.05) is 17.2 Å². The minimum atomic E-state index is -0.666. The normalized spacial score (nSPS) is 11.9. The third-order valence-electron chi connectivity index (χ3n) is 2.81. The molecule has 1 atom stereocenters. The largest absolute Gasteiger partial charge is 0.345 e. The Hall–Kier alpha value is -2.23. The van der Waals surface area contributed by atoms with Crippen LogP contribution in [0.25, 0.3) is 0 Å². The lowest BCUT2D eigenvalue weighted by Crippen LogP contribution is -2.27. The molecule has 0 bridgehead atoms. The standard InChI is InChI=1S/C15H13F2NO/c1-10(13-8-7-12(16)9-14(13)17)18-15(19)11-5-3-2-4-6-11/h2-10H,1H3,(H,18,19). The molecule has 1 amide bonds. The monoisotopic (exact) mass is 261 g/mol. The van der Waals surface area contributed by atoms with Gasteiger partial charge in [0.05, 0.1) is 6.04 Å². The van der Waals surface area contributed by atoms with Crippen molar-refractivity contribution in [3.8, 4) is 0 Å². The molecule has 0 spiro atoms. The molecule has 0 aliphatic carbocycles. The van der Waals surface area contributed by atoms with Crippen molar-refractivity contribution in [3.63, 3.8) is 0 Å². The highest BCUT2D eigenvalue weighted by atomic mass is 19.1. The van der Waals surface area contributed by atoms with E-state index in [1.165, 1.54) is 12.1 Å². The first-order valence-electron chi connectivity index (χ1n) is 5.89. The van der Waals surface area contributed by atoms with Crippen LogP contribution in [0.15, 0.2) is 48.5 Å². The topological polar surface area (TPSA) is 29.1 Å². The third kappa shape index (κ3) is 3.16. The molecule has 2 aromatic carbocycles. The molecule has 2 nitrogen and oxygen atoms in total. The molecule has 2 aromatic rings. The fourth-order valence-electron chi connectivity index (χ4n) is 1.80. The van der Waals surface area contributed by atoms with E-state index in [1.54, 1.807) is 37.3 Å². The molecular formula is C15H13F2NO. The Morgan fingerprint density at radius 2 is 1.79 bits per heavy atom. The van der Waals surface area contributed by atoms with Crippen molar-refractivity contribution < 1.29 is 13.6 Å². The fraction of sp³-hybridized carbons (Fsp3) is 0.133. The molecule has 4 heteroatoms. The third-order valence-corrected chi connectivity index (χ3v) is 2.81. The van der Waals surface area contributed by atoms with Crippen molar-refractivity contribution in [2.75, 3.05) is 0 Å². The van der Waals surface area contributed by atoms with E-state index in [0.717, 1.165) is 6.07 Å². The van der Waals surface area contributed by atoms with Gasteiger partial charge in [0.2, 0.25) is 0 Å². The van der Waals surface area contributed by atoms with E-state index in [0.29, 0.717) is 5.56 Å². The van der Waals surface area contributed by atoms with Crippen molar-refractivity contribution >= 4 is 5.91 Å². The first kappa shape index (κ1) is 13.2. The number of rotatable bonds is 3. The minimum absolute atomic E-state index is 0.255. The molecule has 0 aromatic heterocycles. The summed E-state index contributed by atoms with van der Waals surface area (Å²) in [6.45, 7) is 1.65. The summed E-state index contributed by atoms with van der Waals surface area (Å²) in [7, 11) is 0. The van der Waals surface area contributed by atoms with Crippen LogP contribution in [0.2, 0.25) is 0 Å². The number of halogens is 2. The molecule has 19 heavy (non-hydrogen) atoms. The molecule has 98 valence electrons. The fourth-order valence-corrected chi connectivity index (χ4v) is 1.80. The van der Waals surface area contributed by atoms with Gasteiger partial charge in [-0.05, 0) is 25.1 Å². The van der Waals surface area contributed by atoms with E-state index in [1.807, 2.05) is 0 Å². The summed E-state index contributed by atoms with van der Waals surface area (Å²) in [5.74, 6) is -1.60. The molecule has 0 aliphatic heterocycles. The predicted molar refractivity (Wildman–Crippen MR) is 68.7 cm³/mol. The highest BCUT2D eigenvalue weighted by molar-refractivity contribution is 5.94. The van der Waals surface area contributed by atoms with Gasteiger partial charge in [-0.1, -0.05) is 24.3 Å². The van der Waals surface area contributed by atoms with Gasteiger partial charge in [-0.3, -0.25) is 4.79 Å². The van der Waals surface area contributed by atoms with Gasteiger partial charge in [0.15, 0.2) is 0 Å². The smallest absolute Gasteiger partial charge is 0.251 e. The zero-order chi connectivity index (χ0) is 13.8. The Labute approximate surface area is 110 Å². The van der Waals surface area contributed by atoms with Gasteiger partial charge in [-0.2, -0.15) is 0 Å². The highest BCUT2D eigenvalue weighted by Gasteiger charge is 2.14. The number of amides is 1. The van der Waals surface area contributed by atoms with Crippen LogP contribution in [0, 0.1) is 11.6 Å². The number of nitrogens with one attached hydrogen (secondary N) is 1. The van der Waals surface area contributed by atoms with Crippen LogP contribution in [0.5, 0.6) is 0 Å². The molecule has 0 saturated carbocycles. The second-order valence-electron chi connectivity index (χ2n) is 4.23. The van der Waals surface area contributed by atoms with E-state index in [-0.39, 0.29) is 11.5 Å². The van der Waals surface area contributed by atoms with Crippen molar-refractivity contribution in [2.24, 2.45) is 0 Å². The zero-order valence-electron chi connectivity index (χ0n) is 10.4. The Morgan fingerprint density at radius 1 is 1.11 bits per heavy atom. The van der Waals surface area contributed by atoms with Crippen molar-refractivity contribution in [2.45, 2.75) is 13.0 Å². The second-order valence-corrected chi connectivity index (χ2v) is 4.23. The molecule has 1 unspecified atom stereocenters. The maximum Gasteiger partial charge on any atom is 0.251 e. The Morgan fingerprint density at radius 3 is 2.42 bits per heavy atom. The Kier molecular flexibility index (Phi) is 3.90. The molecule has 0 radical (unpaired) electrons. The van der Waals surface area contributed by atoms with Crippen molar-refractivity contribution in [1.29, 1.82) is 0 Å². The van der Waals surface area contributed by atoms with Gasteiger partial charge in [0.25, 0.3) is 5.91 Å². The SMILES string of the molecule is CC(NC(=O)c1ccccc1)c1ccc(F)cc1F. The zero-order valence-corrected chi connectivity index (χ0v) is 10.4. The molecule has 0 fully saturated rings. The van der Waals surface area contributed by atoms with Gasteiger partial charge in [0.1, 0.15) is 11.6 Å². The van der Waals surface area contributed by atoms with Crippen LogP contribution in [0.3, 0.4) is 0 Å². The number of hydrogen-bond acceptors (Lipinski definition) is 1. The molecule has 2 rings (SSSR count). The highest BCUT2D eigenvalue weighted by Crippen LogP contribution is 2.18. The lowest BCUT2D eigenvalue weighted by molar-refractivity contribution is 0.0939. The number of hydrogen-bond donors (Lipinski definition) is 1. The summed E-state index contributed by atoms with van der Waals surface area (Å²) in [6.07, 6.45) is 0. The molecule has 0 aliphatic rings. The van der Waals surface area contributed by atoms with Crippen LogP contribution >= 0.6 is 0 Å². The van der Waals surface area contributed by atoms with Gasteiger partial charge in [-0.25, -0.2) is 8.78 Å². The average Bonchev–Trinajstić information content (AvgIpc) is 2.39. The van der Waals surface area contributed by atoms with Crippen LogP contribution in [0.1, 0.15) is 28.9 Å². The number of benzene rings is 2. The van der Waals surface area contributed by atoms with E-state index >= 15 is 0 Å². The van der Waals surface area contributed by atoms with E-state index < -0.39 is 17.7 Å². The second kappa shape index (κ2) is 5.61. The molecule has 1 N–H and O–H groups in total. The van der Waals surface area contributed by atoms with Gasteiger partial charge < -0.3 is 5.32 Å². The Balaban J connectivity index is 2.13. The average molecular weight is 261 g/mol. The predicted octanol–water partition coefficient (Wildman–Crippen LogP) is 3.46. The first-order valence-corrected chi connectivity index (χ1v) is 5.89. The van der Waals surface area contributed by atoms with E-state index in [4.69, 9.17) is 0 Å². The van der Waals surface area contributed by atoms with Crippen LogP contribution in [-0.4, -0.2) is 5.91 Å². The quantitative estimate of drug-likeness (QED) is 0.900. The van der Waals surface area contributed by atoms with Crippen molar-refractivity contribution in [1.82, 2.24) is 5.32 Å². The molecule has 0 heterocycles. The number of carbonyl (C=O) groups is 1. The van der Waals surface area contributed by atoms with Crippen LogP contribution in [0.4, 0.5) is 8.78 Å². The molecule has 0 saturated heterocycles. The molecular weight excluding hydrogens is 248 g/mol. The van der Waals surface area contributed by atoms with Gasteiger partial charge in [-0.15, -0.1) is 0 Å². The van der Waals surface area contributed by atoms with Crippen molar-refractivity contribution in [3.05, 3.63) is 71.3 Å². The van der Waals surface area contributed by atoms with Crippen LogP contribution < -0.4 is 5.32 Å². The summed E-state index contributed by atoms with van der Waals surface area (Å²) < 4.78 is 26.4.